The number of amides is 1. The van der Waals surface area contributed by atoms with E-state index in [2.05, 4.69) is 41.4 Å². The van der Waals surface area contributed by atoms with Crippen molar-refractivity contribution in [3.05, 3.63) is 17.8 Å². The smallest absolute Gasteiger partial charge is 0.410 e. The largest absolute Gasteiger partial charge is 0.438 e. The van der Waals surface area contributed by atoms with Gasteiger partial charge in [-0.15, -0.1) is 16.4 Å². The summed E-state index contributed by atoms with van der Waals surface area (Å²) in [4.78, 5) is 33.3. The Morgan fingerprint density at radius 3 is 2.54 bits per heavy atom. The monoisotopic (exact) mass is 660 g/mol. The lowest BCUT2D eigenvalue weighted by Gasteiger charge is -2.42. The van der Waals surface area contributed by atoms with E-state index in [4.69, 9.17) is 14.2 Å². The molecule has 1 amide bonds. The van der Waals surface area contributed by atoms with Crippen molar-refractivity contribution in [3.63, 3.8) is 0 Å². The molecule has 2 aromatic rings. The number of ether oxygens (including phenoxy) is 3. The van der Waals surface area contributed by atoms with Gasteiger partial charge in [0.15, 0.2) is 11.9 Å². The van der Waals surface area contributed by atoms with Crippen LogP contribution in [0, 0.1) is 17.8 Å². The lowest BCUT2D eigenvalue weighted by Crippen LogP contribution is -2.61. The van der Waals surface area contributed by atoms with Crippen molar-refractivity contribution in [3.8, 4) is 10.7 Å². The van der Waals surface area contributed by atoms with Crippen LogP contribution in [0.2, 0.25) is 5.82 Å². The molecule has 0 saturated carbocycles. The van der Waals surface area contributed by atoms with Gasteiger partial charge in [-0.2, -0.15) is 0 Å². The summed E-state index contributed by atoms with van der Waals surface area (Å²) < 4.78 is 20.3. The van der Waals surface area contributed by atoms with Crippen LogP contribution in [0.15, 0.2) is 17.8 Å². The lowest BCUT2D eigenvalue weighted by atomic mass is 9.62. The van der Waals surface area contributed by atoms with Crippen molar-refractivity contribution in [2.24, 2.45) is 17.8 Å². The Bertz CT molecular complexity index is 1300. The summed E-state index contributed by atoms with van der Waals surface area (Å²) in [6.07, 6.45) is 3.97. The first-order chi connectivity index (χ1) is 21.8. The summed E-state index contributed by atoms with van der Waals surface area (Å²) in [6, 6.07) is -0.533. The van der Waals surface area contributed by atoms with Crippen molar-refractivity contribution in [1.29, 1.82) is 0 Å². The minimum atomic E-state index is -1.35. The van der Waals surface area contributed by atoms with E-state index in [1.807, 2.05) is 40.2 Å². The third kappa shape index (κ3) is 7.67. The normalized spacial score (nSPS) is 36.6. The summed E-state index contributed by atoms with van der Waals surface area (Å²) >= 11 is 1.52. The molecule has 0 bridgehead atoms. The van der Waals surface area contributed by atoms with E-state index >= 15 is 0 Å². The fourth-order valence-electron chi connectivity index (χ4n) is 7.37. The van der Waals surface area contributed by atoms with Gasteiger partial charge in [0, 0.05) is 43.7 Å². The van der Waals surface area contributed by atoms with Crippen molar-refractivity contribution < 1.29 is 28.9 Å². The van der Waals surface area contributed by atoms with Gasteiger partial charge in [-0.05, 0) is 64.7 Å². The van der Waals surface area contributed by atoms with Gasteiger partial charge in [-0.3, -0.25) is 14.4 Å². The summed E-state index contributed by atoms with van der Waals surface area (Å²) in [5.74, 6) is -1.07. The number of hydrogen-bond donors (Lipinski definition) is 2. The Morgan fingerprint density at radius 1 is 1.17 bits per heavy atom. The third-order valence-corrected chi connectivity index (χ3v) is 11.3. The van der Waals surface area contributed by atoms with E-state index in [0.717, 1.165) is 30.0 Å². The number of fused-ring (bicyclic) bond motifs is 1. The average molecular weight is 661 g/mol. The first-order valence-corrected chi connectivity index (χ1v) is 17.6. The van der Waals surface area contributed by atoms with Crippen molar-refractivity contribution in [2.75, 3.05) is 20.2 Å². The topological polar surface area (TPSA) is 141 Å². The molecule has 10 atom stereocenters. The molecule has 12 nitrogen and oxygen atoms in total. The second kappa shape index (κ2) is 15.2. The summed E-state index contributed by atoms with van der Waals surface area (Å²) in [6.45, 7) is 15.6. The first kappa shape index (κ1) is 36.5. The predicted molar refractivity (Wildman–Crippen MR) is 179 cm³/mol. The minimum absolute atomic E-state index is 0.0787. The highest BCUT2D eigenvalue weighted by atomic mass is 32.1. The number of methoxy groups -OCH3 is 1. The molecule has 2 fully saturated rings. The molecular formula is C32H53BN6O6S. The number of nitrogens with one attached hydrogen (secondary N) is 1. The van der Waals surface area contributed by atoms with Gasteiger partial charge < -0.3 is 24.6 Å². The lowest BCUT2D eigenvalue weighted by molar-refractivity contribution is -0.210. The molecule has 2 aliphatic heterocycles. The highest BCUT2D eigenvalue weighted by Gasteiger charge is 2.58. The van der Waals surface area contributed by atoms with E-state index in [1.165, 1.54) is 11.3 Å². The number of nitrogens with zero attached hydrogens (tertiary/aromatic N) is 5. The van der Waals surface area contributed by atoms with Crippen LogP contribution in [-0.4, -0.2) is 106 Å². The molecule has 0 radical (unpaired) electrons. The fourth-order valence-corrected chi connectivity index (χ4v) is 7.95. The van der Waals surface area contributed by atoms with Gasteiger partial charge in [0.05, 0.1) is 23.8 Å². The number of rotatable bonds is 8. The maximum absolute atomic E-state index is 13.6. The molecule has 4 heterocycles. The Kier molecular flexibility index (Phi) is 12.1. The van der Waals surface area contributed by atoms with Crippen LogP contribution in [0.25, 0.3) is 10.7 Å². The van der Waals surface area contributed by atoms with E-state index in [9.17, 15) is 14.7 Å². The fraction of sp³-hybridized carbons (Fsp3) is 0.781. The maximum Gasteiger partial charge on any atom is 0.410 e. The molecule has 46 heavy (non-hydrogen) atoms. The Hall–Kier alpha value is -2.39. The quantitative estimate of drug-likeness (QED) is 0.319. The van der Waals surface area contributed by atoms with E-state index < -0.39 is 35.6 Å². The number of hydrogen-bond acceptors (Lipinski definition) is 11. The molecule has 2 aromatic heterocycles. The number of unbranched alkanes of at least 4 members (excludes halogenated alkanes) is 1. The SMILES string of the molecule is B[C@@H]1[C@@H](C)C(=O)[C@@H](C)C(O)O[C@H](CC)[C@@]2(C)OC(=O)N(CCCCn3cc(-c4nccs4)nn3)[C@@H]2[C@@H](C)NC[C@H](C)C[C@@]1(C)OC. The standard InChI is InChI=1S/C32H53BN6O6S/c1-9-24-32(7)27(39(30(42)45-32)14-11-10-13-38-18-23(36-37-38)28-34-12-15-46-28)22(5)35-17-19(2)16-31(6,43-8)26(33)20(3)25(40)21(4)29(41)44-24/h12,15,18-22,24,26-27,29,35,41H,9-11,13-14,16-17,33H2,1-8H3/t19-,20+,21-,22-,24-,26-,27-,29?,31-,32-/m1/s1. The minimum Gasteiger partial charge on any atom is -0.438 e. The zero-order chi connectivity index (χ0) is 33.8. The molecular weight excluding hydrogens is 607 g/mol. The highest BCUT2D eigenvalue weighted by molar-refractivity contribution is 7.13. The molecule has 256 valence electrons. The molecule has 0 aromatic carbocycles. The Balaban J connectivity index is 1.55. The number of aryl methyl sites for hydroxylation is 1. The molecule has 2 aliphatic rings. The number of ketones is 1. The van der Waals surface area contributed by atoms with Crippen LogP contribution in [0.5, 0.6) is 0 Å². The van der Waals surface area contributed by atoms with E-state index in [0.29, 0.717) is 26.1 Å². The number of aromatic nitrogens is 4. The van der Waals surface area contributed by atoms with Crippen molar-refractivity contribution in [2.45, 2.75) is 122 Å². The molecule has 0 spiro atoms. The third-order valence-electron chi connectivity index (χ3n) is 10.5. The number of aliphatic hydroxyl groups is 1. The van der Waals surface area contributed by atoms with Crippen LogP contribution >= 0.6 is 11.3 Å². The second-order valence-electron chi connectivity index (χ2n) is 13.8. The zero-order valence-electron chi connectivity index (χ0n) is 28.9. The number of thiazole rings is 1. The molecule has 1 unspecified atom stereocenters. The molecule has 2 N–H and O–H groups in total. The van der Waals surface area contributed by atoms with Gasteiger partial charge in [0.1, 0.15) is 30.4 Å². The number of carbonyl (C=O) groups excluding carboxylic acids is 2. The summed E-state index contributed by atoms with van der Waals surface area (Å²) in [5, 5.41) is 26.2. The van der Waals surface area contributed by atoms with Gasteiger partial charge in [-0.25, -0.2) is 9.78 Å². The first-order valence-electron chi connectivity index (χ1n) is 16.7. The zero-order valence-corrected chi connectivity index (χ0v) is 29.7. The van der Waals surface area contributed by atoms with Crippen LogP contribution in [0.3, 0.4) is 0 Å². The number of carbonyl (C=O) groups is 2. The van der Waals surface area contributed by atoms with Gasteiger partial charge in [0.2, 0.25) is 0 Å². The van der Waals surface area contributed by atoms with Crippen molar-refractivity contribution in [1.82, 2.24) is 30.2 Å². The van der Waals surface area contributed by atoms with Crippen LogP contribution < -0.4 is 5.32 Å². The summed E-state index contributed by atoms with van der Waals surface area (Å²) in [7, 11) is 3.75. The molecule has 14 heteroatoms. The van der Waals surface area contributed by atoms with E-state index in [-0.39, 0.29) is 35.5 Å². The summed E-state index contributed by atoms with van der Waals surface area (Å²) in [5.41, 5.74) is -0.869. The molecule has 4 rings (SSSR count). The van der Waals surface area contributed by atoms with Crippen LogP contribution in [-0.2, 0) is 25.5 Å². The van der Waals surface area contributed by atoms with Gasteiger partial charge >= 0.3 is 6.09 Å². The average Bonchev–Trinajstić information content (AvgIpc) is 3.78. The molecule has 0 aliphatic carbocycles. The Morgan fingerprint density at radius 2 is 1.89 bits per heavy atom. The number of aliphatic hydroxyl groups excluding tert-OH is 1. The van der Waals surface area contributed by atoms with Crippen LogP contribution in [0.4, 0.5) is 4.79 Å². The highest BCUT2D eigenvalue weighted by Crippen LogP contribution is 2.41. The van der Waals surface area contributed by atoms with Crippen molar-refractivity contribution >= 4 is 31.1 Å². The Labute approximate surface area is 278 Å². The predicted octanol–water partition coefficient (Wildman–Crippen LogP) is 3.56. The second-order valence-corrected chi connectivity index (χ2v) is 14.7. The van der Waals surface area contributed by atoms with Gasteiger partial charge in [0.25, 0.3) is 0 Å². The molecule has 2 saturated heterocycles. The van der Waals surface area contributed by atoms with Crippen LogP contribution in [0.1, 0.15) is 74.1 Å². The maximum atomic E-state index is 13.6. The van der Waals surface area contributed by atoms with E-state index in [1.54, 1.807) is 29.8 Å². The van der Waals surface area contributed by atoms with Gasteiger partial charge in [-0.1, -0.05) is 32.9 Å². The number of Topliss-reactive ketones (excluding diaryl/α,β-unsaturated/α-hetero) is 1.